The number of carbonyl (C=O) groups excluding carboxylic acids is 3. The van der Waals surface area contributed by atoms with Crippen LogP contribution in [0.2, 0.25) is 0 Å². The molecule has 0 radical (unpaired) electrons. The highest BCUT2D eigenvalue weighted by Gasteiger charge is 2.09. The molecule has 142 valence electrons. The van der Waals surface area contributed by atoms with Gasteiger partial charge in [0.2, 0.25) is 5.91 Å². The van der Waals surface area contributed by atoms with E-state index in [0.29, 0.717) is 5.69 Å². The molecule has 2 N–H and O–H groups in total. The van der Waals surface area contributed by atoms with Crippen LogP contribution in [0.3, 0.4) is 0 Å². The molecule has 2 rings (SSSR count). The summed E-state index contributed by atoms with van der Waals surface area (Å²) in [7, 11) is 0. The number of nitrogens with one attached hydrogen (secondary N) is 2. The molecule has 10 heteroatoms. The minimum atomic E-state index is -1.11. The van der Waals surface area contributed by atoms with Crippen LogP contribution in [0.15, 0.2) is 29.7 Å². The number of thiazole rings is 1. The Kier molecular flexibility index (Phi) is 7.12. The number of nitrogens with zero attached hydrogens (tertiary/aromatic N) is 1. The first-order chi connectivity index (χ1) is 12.8. The van der Waals surface area contributed by atoms with Gasteiger partial charge in [-0.05, 0) is 25.1 Å². The summed E-state index contributed by atoms with van der Waals surface area (Å²) >= 11 is 1.43. The summed E-state index contributed by atoms with van der Waals surface area (Å²) in [5.41, 5.74) is 0.648. The van der Waals surface area contributed by atoms with Crippen LogP contribution in [0, 0.1) is 18.6 Å². The van der Waals surface area contributed by atoms with Gasteiger partial charge in [0.25, 0.3) is 5.91 Å². The highest BCUT2D eigenvalue weighted by molar-refractivity contribution is 7.09. The lowest BCUT2D eigenvalue weighted by molar-refractivity contribution is -0.143. The average Bonchev–Trinajstić information content (AvgIpc) is 3.05. The third-order valence-corrected chi connectivity index (χ3v) is 3.81. The minimum Gasteiger partial charge on any atom is -0.452 e. The van der Waals surface area contributed by atoms with Gasteiger partial charge in [-0.2, -0.15) is 0 Å². The third-order valence-electron chi connectivity index (χ3n) is 3.02. The molecule has 27 heavy (non-hydrogen) atoms. The van der Waals surface area contributed by atoms with Crippen molar-refractivity contribution in [2.24, 2.45) is 0 Å². The zero-order valence-corrected chi connectivity index (χ0v) is 14.9. The van der Waals surface area contributed by atoms with Gasteiger partial charge in [0, 0.05) is 23.2 Å². The van der Waals surface area contributed by atoms with Gasteiger partial charge in [0.1, 0.15) is 0 Å². The largest absolute Gasteiger partial charge is 0.452 e. The Morgan fingerprint density at radius 2 is 2.00 bits per heavy atom. The van der Waals surface area contributed by atoms with Crippen molar-refractivity contribution in [3.63, 3.8) is 0 Å². The number of ether oxygens (including phenoxy) is 1. The van der Waals surface area contributed by atoms with Gasteiger partial charge < -0.3 is 15.4 Å². The first-order valence-electron chi connectivity index (χ1n) is 7.62. The number of aromatic nitrogens is 1. The van der Waals surface area contributed by atoms with E-state index in [1.54, 1.807) is 5.38 Å². The highest BCUT2D eigenvalue weighted by Crippen LogP contribution is 2.12. The molecular formula is C17H15F2N3O4S. The molecule has 0 bridgehead atoms. The van der Waals surface area contributed by atoms with E-state index in [-0.39, 0.29) is 5.69 Å². The van der Waals surface area contributed by atoms with Crippen LogP contribution in [0.25, 0.3) is 6.08 Å². The fourth-order valence-corrected chi connectivity index (χ4v) is 2.38. The van der Waals surface area contributed by atoms with Crippen molar-refractivity contribution in [2.45, 2.75) is 6.92 Å². The standard InChI is InChI=1S/C17H15F2N3O4S/c1-10-21-12(9-27-10)3-5-17(25)26-8-16(24)20-7-15(23)22-11-2-4-13(18)14(19)6-11/h2-6,9H,7-8H2,1H3,(H,20,24)(H,22,23)/b5-3+. The first-order valence-corrected chi connectivity index (χ1v) is 8.50. The normalized spacial score (nSPS) is 10.6. The maximum atomic E-state index is 13.0. The van der Waals surface area contributed by atoms with Gasteiger partial charge in [-0.1, -0.05) is 0 Å². The Bertz CT molecular complexity index is 883. The van der Waals surface area contributed by atoms with Gasteiger partial charge in [-0.3, -0.25) is 9.59 Å². The van der Waals surface area contributed by atoms with E-state index in [9.17, 15) is 23.2 Å². The molecule has 2 aromatic rings. The second-order valence-electron chi connectivity index (χ2n) is 5.19. The molecular weight excluding hydrogens is 380 g/mol. The van der Waals surface area contributed by atoms with Crippen LogP contribution in [-0.4, -0.2) is 35.9 Å². The van der Waals surface area contributed by atoms with Gasteiger partial charge in [0.15, 0.2) is 18.2 Å². The van der Waals surface area contributed by atoms with Crippen LogP contribution < -0.4 is 10.6 Å². The highest BCUT2D eigenvalue weighted by atomic mass is 32.1. The second-order valence-corrected chi connectivity index (χ2v) is 6.25. The van der Waals surface area contributed by atoms with Crippen LogP contribution >= 0.6 is 11.3 Å². The maximum absolute atomic E-state index is 13.0. The molecule has 0 atom stereocenters. The lowest BCUT2D eigenvalue weighted by Crippen LogP contribution is -2.35. The van der Waals surface area contributed by atoms with Crippen LogP contribution in [0.1, 0.15) is 10.7 Å². The van der Waals surface area contributed by atoms with E-state index in [0.717, 1.165) is 23.2 Å². The zero-order chi connectivity index (χ0) is 19.8. The summed E-state index contributed by atoms with van der Waals surface area (Å²) in [6.45, 7) is 0.828. The molecule has 1 heterocycles. The zero-order valence-electron chi connectivity index (χ0n) is 14.1. The van der Waals surface area contributed by atoms with E-state index >= 15 is 0 Å². The lowest BCUT2D eigenvalue weighted by Gasteiger charge is -2.07. The smallest absolute Gasteiger partial charge is 0.331 e. The molecule has 0 unspecified atom stereocenters. The SMILES string of the molecule is Cc1nc(/C=C/C(=O)OCC(=O)NCC(=O)Nc2ccc(F)c(F)c2)cs1. The number of hydrogen-bond acceptors (Lipinski definition) is 6. The summed E-state index contributed by atoms with van der Waals surface area (Å²) in [5, 5.41) is 7.13. The van der Waals surface area contributed by atoms with Crippen molar-refractivity contribution < 1.29 is 27.9 Å². The van der Waals surface area contributed by atoms with Crippen LogP contribution in [0.5, 0.6) is 0 Å². The fourth-order valence-electron chi connectivity index (χ4n) is 1.80. The molecule has 0 aliphatic carbocycles. The fraction of sp³-hybridized carbons (Fsp3) is 0.176. The Hall–Kier alpha value is -3.14. The predicted molar refractivity (Wildman–Crippen MR) is 94.8 cm³/mol. The Morgan fingerprint density at radius 3 is 2.67 bits per heavy atom. The summed E-state index contributed by atoms with van der Waals surface area (Å²) in [6.07, 6.45) is 2.59. The summed E-state index contributed by atoms with van der Waals surface area (Å²) in [4.78, 5) is 38.8. The number of amides is 2. The predicted octanol–water partition coefficient (Wildman–Crippen LogP) is 2.04. The number of esters is 1. The first kappa shape index (κ1) is 20.2. The van der Waals surface area contributed by atoms with Crippen LogP contribution in [0.4, 0.5) is 14.5 Å². The summed E-state index contributed by atoms with van der Waals surface area (Å²) < 4.78 is 30.6. The van der Waals surface area contributed by atoms with Gasteiger partial charge >= 0.3 is 5.97 Å². The van der Waals surface area contributed by atoms with Crippen molar-refractivity contribution in [1.82, 2.24) is 10.3 Å². The Labute approximate surface area is 157 Å². The van der Waals surface area contributed by atoms with Gasteiger partial charge in [0.05, 0.1) is 17.2 Å². The average molecular weight is 395 g/mol. The molecule has 7 nitrogen and oxygen atoms in total. The number of halogens is 2. The van der Waals surface area contributed by atoms with Crippen molar-refractivity contribution >= 4 is 40.9 Å². The molecule has 2 amide bonds. The number of hydrogen-bond donors (Lipinski definition) is 2. The summed E-state index contributed by atoms with van der Waals surface area (Å²) in [5.74, 6) is -4.23. The van der Waals surface area contributed by atoms with E-state index < -0.39 is 42.6 Å². The Balaban J connectivity index is 1.69. The number of rotatable bonds is 7. The quantitative estimate of drug-likeness (QED) is 0.552. The maximum Gasteiger partial charge on any atom is 0.331 e. The number of carbonyl (C=O) groups is 3. The van der Waals surface area contributed by atoms with E-state index in [1.807, 2.05) is 6.92 Å². The van der Waals surface area contributed by atoms with E-state index in [1.165, 1.54) is 23.5 Å². The van der Waals surface area contributed by atoms with Crippen molar-refractivity contribution in [1.29, 1.82) is 0 Å². The molecule has 0 fully saturated rings. The second kappa shape index (κ2) is 9.53. The van der Waals surface area contributed by atoms with Gasteiger partial charge in [-0.15, -0.1) is 11.3 Å². The van der Waals surface area contributed by atoms with Crippen molar-refractivity contribution in [2.75, 3.05) is 18.5 Å². The molecule has 1 aromatic heterocycles. The number of anilines is 1. The minimum absolute atomic E-state index is 0.0435. The topological polar surface area (TPSA) is 97.4 Å². The monoisotopic (exact) mass is 395 g/mol. The van der Waals surface area contributed by atoms with Crippen molar-refractivity contribution in [3.8, 4) is 0 Å². The van der Waals surface area contributed by atoms with Gasteiger partial charge in [-0.25, -0.2) is 18.6 Å². The summed E-state index contributed by atoms with van der Waals surface area (Å²) in [6, 6.07) is 2.85. The molecule has 0 saturated carbocycles. The molecule has 0 saturated heterocycles. The van der Waals surface area contributed by atoms with E-state index in [2.05, 4.69) is 15.6 Å². The van der Waals surface area contributed by atoms with Crippen LogP contribution in [-0.2, 0) is 19.1 Å². The lowest BCUT2D eigenvalue weighted by atomic mass is 10.3. The third kappa shape index (κ3) is 6.94. The number of benzene rings is 1. The van der Waals surface area contributed by atoms with E-state index in [4.69, 9.17) is 4.74 Å². The van der Waals surface area contributed by atoms with Crippen molar-refractivity contribution in [3.05, 3.63) is 52.0 Å². The number of aryl methyl sites for hydroxylation is 1. The molecule has 0 aliphatic rings. The molecule has 0 aliphatic heterocycles. The molecule has 0 spiro atoms. The molecule has 1 aromatic carbocycles. The Morgan fingerprint density at radius 1 is 1.22 bits per heavy atom.